The highest BCUT2D eigenvalue weighted by atomic mass is 16.4. The molecule has 2 aromatic heterocycles. The fourth-order valence-corrected chi connectivity index (χ4v) is 3.12. The van der Waals surface area contributed by atoms with Crippen LogP contribution in [0.5, 0.6) is 0 Å². The van der Waals surface area contributed by atoms with Crippen LogP contribution in [0.15, 0.2) is 49.1 Å². The molecule has 1 saturated carbocycles. The van der Waals surface area contributed by atoms with E-state index in [1.54, 1.807) is 12.5 Å². The van der Waals surface area contributed by atoms with Crippen molar-refractivity contribution in [3.63, 3.8) is 0 Å². The lowest BCUT2D eigenvalue weighted by molar-refractivity contribution is -0.139. The SMILES string of the molecule is O=C(O)[C@H](Cc1cnc[nH]1)NCc1cn(-c2ccccc2)nc1[C]1[CH][CH][CH][CH]1. The van der Waals surface area contributed by atoms with E-state index in [4.69, 9.17) is 5.10 Å². The Morgan fingerprint density at radius 1 is 1.21 bits per heavy atom. The maximum Gasteiger partial charge on any atom is 0.321 e. The van der Waals surface area contributed by atoms with Crippen LogP contribution in [-0.4, -0.2) is 36.9 Å². The largest absolute Gasteiger partial charge is 0.480 e. The quantitative estimate of drug-likeness (QED) is 0.561. The van der Waals surface area contributed by atoms with Gasteiger partial charge in [0.2, 0.25) is 0 Å². The normalized spacial score (nSPS) is 15.7. The van der Waals surface area contributed by atoms with E-state index in [0.717, 1.165) is 28.6 Å². The van der Waals surface area contributed by atoms with Crippen LogP contribution in [0.25, 0.3) is 5.69 Å². The topological polar surface area (TPSA) is 95.8 Å². The van der Waals surface area contributed by atoms with Gasteiger partial charge < -0.3 is 10.1 Å². The number of carboxylic acid groups (broad SMARTS) is 1. The van der Waals surface area contributed by atoms with Crippen molar-refractivity contribution in [1.29, 1.82) is 0 Å². The molecule has 1 fully saturated rings. The number of carboxylic acids is 1. The first-order valence-electron chi connectivity index (χ1n) is 9.00. The summed E-state index contributed by atoms with van der Waals surface area (Å²) in [6.07, 6.45) is 13.4. The molecule has 1 aliphatic rings. The molecule has 4 rings (SSSR count). The van der Waals surface area contributed by atoms with Gasteiger partial charge in [-0.05, 0) is 37.8 Å². The second-order valence-corrected chi connectivity index (χ2v) is 6.51. The summed E-state index contributed by atoms with van der Waals surface area (Å²) < 4.78 is 1.82. The van der Waals surface area contributed by atoms with Crippen LogP contribution in [0, 0.1) is 31.6 Å². The Labute approximate surface area is 163 Å². The fourth-order valence-electron chi connectivity index (χ4n) is 3.12. The van der Waals surface area contributed by atoms with Gasteiger partial charge in [-0.3, -0.25) is 10.1 Å². The van der Waals surface area contributed by atoms with Gasteiger partial charge in [-0.25, -0.2) is 9.67 Å². The minimum Gasteiger partial charge on any atom is -0.480 e. The molecular formula is C21H20N5O2. The summed E-state index contributed by atoms with van der Waals surface area (Å²) in [7, 11) is 0. The molecule has 0 aliphatic heterocycles. The number of H-pyrrole nitrogens is 1. The summed E-state index contributed by atoms with van der Waals surface area (Å²) >= 11 is 0. The van der Waals surface area contributed by atoms with Crippen molar-refractivity contribution in [2.24, 2.45) is 0 Å². The van der Waals surface area contributed by atoms with Crippen LogP contribution in [-0.2, 0) is 17.8 Å². The zero-order valence-electron chi connectivity index (χ0n) is 15.1. The van der Waals surface area contributed by atoms with Crippen molar-refractivity contribution >= 4 is 5.97 Å². The van der Waals surface area contributed by atoms with E-state index >= 15 is 0 Å². The molecular weight excluding hydrogens is 354 g/mol. The van der Waals surface area contributed by atoms with Gasteiger partial charge in [0.05, 0.1) is 17.7 Å². The molecule has 0 saturated heterocycles. The second-order valence-electron chi connectivity index (χ2n) is 6.51. The van der Waals surface area contributed by atoms with E-state index in [1.165, 1.54) is 0 Å². The molecule has 28 heavy (non-hydrogen) atoms. The third-order valence-electron chi connectivity index (χ3n) is 4.56. The molecule has 7 heteroatoms. The molecule has 0 unspecified atom stereocenters. The minimum atomic E-state index is -0.903. The van der Waals surface area contributed by atoms with Crippen molar-refractivity contribution in [3.05, 3.63) is 97.6 Å². The van der Waals surface area contributed by atoms with Crippen LogP contribution >= 0.6 is 0 Å². The maximum atomic E-state index is 11.7. The molecule has 5 radical (unpaired) electrons. The number of para-hydroxylation sites is 1. The molecule has 7 nitrogen and oxygen atoms in total. The Bertz CT molecular complexity index is 898. The highest BCUT2D eigenvalue weighted by Crippen LogP contribution is 2.31. The molecule has 1 aromatic carbocycles. The minimum absolute atomic E-state index is 0.327. The predicted molar refractivity (Wildman–Crippen MR) is 104 cm³/mol. The van der Waals surface area contributed by atoms with E-state index in [2.05, 4.69) is 15.3 Å². The molecule has 2 heterocycles. The van der Waals surface area contributed by atoms with E-state index in [-0.39, 0.29) is 0 Å². The third kappa shape index (κ3) is 4.14. The third-order valence-corrected chi connectivity index (χ3v) is 4.56. The smallest absolute Gasteiger partial charge is 0.321 e. The first-order valence-corrected chi connectivity index (χ1v) is 9.00. The molecule has 3 aromatic rings. The Balaban J connectivity index is 1.55. The number of aliphatic carboxylic acids is 1. The van der Waals surface area contributed by atoms with Gasteiger partial charge in [0.15, 0.2) is 0 Å². The first kappa shape index (κ1) is 18.4. The van der Waals surface area contributed by atoms with Gasteiger partial charge in [-0.15, -0.1) is 0 Å². The maximum absolute atomic E-state index is 11.7. The van der Waals surface area contributed by atoms with Gasteiger partial charge >= 0.3 is 5.97 Å². The number of benzene rings is 1. The number of nitrogens with zero attached hydrogens (tertiary/aromatic N) is 3. The van der Waals surface area contributed by atoms with Gasteiger partial charge in [0, 0.05) is 42.5 Å². The Morgan fingerprint density at radius 3 is 2.68 bits per heavy atom. The van der Waals surface area contributed by atoms with Crippen LogP contribution < -0.4 is 5.32 Å². The Kier molecular flexibility index (Phi) is 5.53. The summed E-state index contributed by atoms with van der Waals surface area (Å²) in [6, 6.07) is 9.12. The van der Waals surface area contributed by atoms with Crippen LogP contribution in [0.2, 0.25) is 0 Å². The number of nitrogens with one attached hydrogen (secondary N) is 2. The lowest BCUT2D eigenvalue weighted by Crippen LogP contribution is -2.38. The van der Waals surface area contributed by atoms with Crippen molar-refractivity contribution in [2.45, 2.75) is 19.0 Å². The van der Waals surface area contributed by atoms with E-state index in [9.17, 15) is 9.90 Å². The van der Waals surface area contributed by atoms with Crippen LogP contribution in [0.1, 0.15) is 17.0 Å². The number of carbonyl (C=O) groups is 1. The number of aromatic amines is 1. The number of aromatic nitrogens is 4. The number of rotatable bonds is 8. The molecule has 3 N–H and O–H groups in total. The van der Waals surface area contributed by atoms with Crippen LogP contribution in [0.3, 0.4) is 0 Å². The Morgan fingerprint density at radius 2 is 2.00 bits per heavy atom. The van der Waals surface area contributed by atoms with E-state index in [0.29, 0.717) is 13.0 Å². The van der Waals surface area contributed by atoms with Gasteiger partial charge in [0.1, 0.15) is 6.04 Å². The Hall–Kier alpha value is -2.93. The zero-order chi connectivity index (χ0) is 19.3. The molecule has 141 valence electrons. The lowest BCUT2D eigenvalue weighted by atomic mass is 10.00. The number of hydrogen-bond acceptors (Lipinski definition) is 4. The molecule has 1 atom stereocenters. The van der Waals surface area contributed by atoms with Crippen LogP contribution in [0.4, 0.5) is 0 Å². The average Bonchev–Trinajstić information content (AvgIpc) is 3.47. The van der Waals surface area contributed by atoms with Gasteiger partial charge in [-0.2, -0.15) is 5.10 Å². The molecule has 0 bridgehead atoms. The number of hydrogen-bond donors (Lipinski definition) is 3. The monoisotopic (exact) mass is 374 g/mol. The van der Waals surface area contributed by atoms with E-state index in [1.807, 2.05) is 66.9 Å². The molecule has 0 amide bonds. The zero-order valence-corrected chi connectivity index (χ0v) is 15.1. The van der Waals surface area contributed by atoms with Crippen molar-refractivity contribution in [1.82, 2.24) is 25.1 Å². The highest BCUT2D eigenvalue weighted by molar-refractivity contribution is 5.73. The van der Waals surface area contributed by atoms with Crippen molar-refractivity contribution in [3.8, 4) is 5.69 Å². The van der Waals surface area contributed by atoms with Crippen molar-refractivity contribution in [2.75, 3.05) is 0 Å². The fraction of sp³-hybridized carbons (Fsp3) is 0.143. The summed E-state index contributed by atoms with van der Waals surface area (Å²) in [5, 5.41) is 17.4. The summed E-state index contributed by atoms with van der Waals surface area (Å²) in [5.41, 5.74) is 3.50. The lowest BCUT2D eigenvalue weighted by Gasteiger charge is -2.14. The van der Waals surface area contributed by atoms with E-state index < -0.39 is 12.0 Å². The number of imidazole rings is 1. The highest BCUT2D eigenvalue weighted by Gasteiger charge is 2.26. The summed E-state index contributed by atoms with van der Waals surface area (Å²) in [6.45, 7) is 0.387. The molecule has 1 aliphatic carbocycles. The average molecular weight is 374 g/mol. The second kappa shape index (κ2) is 8.39. The predicted octanol–water partition coefficient (Wildman–Crippen LogP) is 2.13. The standard InChI is InChI=1S/C21H20N5O2/c27-21(28)19(10-17-12-22-14-24-17)23-11-16-13-26(18-8-2-1-3-9-18)25-20(16)15-6-4-5-7-15/h1-9,12-14,19,23H,10-11H2,(H,22,24)(H,27,28)/t19-/m0/s1. The van der Waals surface area contributed by atoms with Gasteiger partial charge in [0.25, 0.3) is 0 Å². The summed E-state index contributed by atoms with van der Waals surface area (Å²) in [5.74, 6) is 0.104. The summed E-state index contributed by atoms with van der Waals surface area (Å²) in [4.78, 5) is 18.6. The molecule has 0 spiro atoms. The first-order chi connectivity index (χ1) is 13.7. The van der Waals surface area contributed by atoms with Gasteiger partial charge in [-0.1, -0.05) is 18.2 Å². The van der Waals surface area contributed by atoms with Crippen molar-refractivity contribution < 1.29 is 9.90 Å².